The van der Waals surface area contributed by atoms with Crippen LogP contribution >= 0.6 is 35.0 Å². The number of nitrogens with one attached hydrogen (secondary N) is 1. The predicted octanol–water partition coefficient (Wildman–Crippen LogP) is 5.88. The van der Waals surface area contributed by atoms with Crippen molar-refractivity contribution in [2.75, 3.05) is 5.75 Å². The van der Waals surface area contributed by atoms with Gasteiger partial charge in [0, 0.05) is 27.0 Å². The first-order valence-corrected chi connectivity index (χ1v) is 8.82. The molecule has 1 N–H and O–H groups in total. The lowest BCUT2D eigenvalue weighted by Gasteiger charge is -2.29. The van der Waals surface area contributed by atoms with E-state index >= 15 is 0 Å². The van der Waals surface area contributed by atoms with Crippen LogP contribution in [-0.2, 0) is 0 Å². The van der Waals surface area contributed by atoms with Gasteiger partial charge in [-0.1, -0.05) is 47.5 Å². The summed E-state index contributed by atoms with van der Waals surface area (Å²) < 4.78 is 0. The average Bonchev–Trinajstić information content (AvgIpc) is 2.47. The molecule has 0 bridgehead atoms. The van der Waals surface area contributed by atoms with E-state index < -0.39 is 0 Å². The standard InChI is InChI=1S/C17H17Cl2NS/c1-11(13-7-6-12(18)10-15(13)19)20-16-8-9-21-17-5-3-2-4-14(16)17/h2-7,10-11,16,20H,8-9H2,1H3. The smallest absolute Gasteiger partial charge is 0.0468 e. The Labute approximate surface area is 140 Å². The van der Waals surface area contributed by atoms with Gasteiger partial charge in [0.05, 0.1) is 0 Å². The van der Waals surface area contributed by atoms with Gasteiger partial charge in [0.2, 0.25) is 0 Å². The Bertz CT molecular complexity index is 644. The number of rotatable bonds is 3. The van der Waals surface area contributed by atoms with Crippen LogP contribution in [0.2, 0.25) is 10.0 Å². The average molecular weight is 338 g/mol. The van der Waals surface area contributed by atoms with Gasteiger partial charge in [0.1, 0.15) is 0 Å². The molecule has 0 spiro atoms. The van der Waals surface area contributed by atoms with Crippen molar-refractivity contribution in [3.8, 4) is 0 Å². The molecule has 0 aromatic heterocycles. The van der Waals surface area contributed by atoms with E-state index in [1.165, 1.54) is 10.5 Å². The van der Waals surface area contributed by atoms with E-state index in [4.69, 9.17) is 23.2 Å². The molecule has 2 aromatic carbocycles. The molecule has 1 aliphatic rings. The molecular weight excluding hydrogens is 321 g/mol. The Balaban J connectivity index is 1.81. The highest BCUT2D eigenvalue weighted by Gasteiger charge is 2.22. The predicted molar refractivity (Wildman–Crippen MR) is 92.5 cm³/mol. The van der Waals surface area contributed by atoms with Crippen molar-refractivity contribution in [1.82, 2.24) is 5.32 Å². The zero-order valence-corrected chi connectivity index (χ0v) is 14.1. The molecule has 3 rings (SSSR count). The van der Waals surface area contributed by atoms with E-state index in [0.717, 1.165) is 22.8 Å². The Morgan fingerprint density at radius 1 is 1.19 bits per heavy atom. The SMILES string of the molecule is CC(NC1CCSc2ccccc21)c1ccc(Cl)cc1Cl. The second kappa shape index (κ2) is 6.62. The van der Waals surface area contributed by atoms with E-state index in [1.807, 2.05) is 23.9 Å². The molecule has 1 heterocycles. The summed E-state index contributed by atoms with van der Waals surface area (Å²) in [5.74, 6) is 1.15. The van der Waals surface area contributed by atoms with Gasteiger partial charge < -0.3 is 5.32 Å². The third-order valence-corrected chi connectivity index (χ3v) is 5.52. The zero-order valence-electron chi connectivity index (χ0n) is 11.8. The molecule has 0 fully saturated rings. The highest BCUT2D eigenvalue weighted by atomic mass is 35.5. The third-order valence-electron chi connectivity index (χ3n) is 3.84. The topological polar surface area (TPSA) is 12.0 Å². The molecule has 2 atom stereocenters. The minimum absolute atomic E-state index is 0.191. The van der Waals surface area contributed by atoms with Gasteiger partial charge in [-0.25, -0.2) is 0 Å². The van der Waals surface area contributed by atoms with Gasteiger partial charge in [-0.3, -0.25) is 0 Å². The quantitative estimate of drug-likeness (QED) is 0.750. The lowest BCUT2D eigenvalue weighted by atomic mass is 10.0. The van der Waals surface area contributed by atoms with Gasteiger partial charge in [-0.05, 0) is 48.4 Å². The van der Waals surface area contributed by atoms with Crippen molar-refractivity contribution in [3.05, 3.63) is 63.6 Å². The van der Waals surface area contributed by atoms with Crippen LogP contribution in [0.3, 0.4) is 0 Å². The summed E-state index contributed by atoms with van der Waals surface area (Å²) in [5.41, 5.74) is 2.49. The number of hydrogen-bond donors (Lipinski definition) is 1. The van der Waals surface area contributed by atoms with Crippen molar-refractivity contribution in [2.45, 2.75) is 30.3 Å². The van der Waals surface area contributed by atoms with Gasteiger partial charge in [-0.15, -0.1) is 11.8 Å². The molecule has 0 aliphatic carbocycles. The van der Waals surface area contributed by atoms with Crippen molar-refractivity contribution in [2.24, 2.45) is 0 Å². The molecule has 0 saturated carbocycles. The first-order chi connectivity index (χ1) is 10.1. The molecular formula is C17H17Cl2NS. The van der Waals surface area contributed by atoms with Crippen LogP contribution < -0.4 is 5.32 Å². The second-order valence-electron chi connectivity index (χ2n) is 5.28. The van der Waals surface area contributed by atoms with Crippen LogP contribution in [0.5, 0.6) is 0 Å². The van der Waals surface area contributed by atoms with Crippen molar-refractivity contribution in [1.29, 1.82) is 0 Å². The monoisotopic (exact) mass is 337 g/mol. The van der Waals surface area contributed by atoms with Gasteiger partial charge in [0.15, 0.2) is 0 Å². The maximum Gasteiger partial charge on any atom is 0.0468 e. The molecule has 1 aliphatic heterocycles. The van der Waals surface area contributed by atoms with E-state index in [0.29, 0.717) is 11.1 Å². The maximum atomic E-state index is 6.31. The first-order valence-electron chi connectivity index (χ1n) is 7.08. The minimum Gasteiger partial charge on any atom is -0.303 e. The van der Waals surface area contributed by atoms with Crippen molar-refractivity contribution < 1.29 is 0 Å². The van der Waals surface area contributed by atoms with Gasteiger partial charge in [-0.2, -0.15) is 0 Å². The van der Waals surface area contributed by atoms with Crippen LogP contribution in [-0.4, -0.2) is 5.75 Å². The first kappa shape index (κ1) is 15.2. The van der Waals surface area contributed by atoms with E-state index in [2.05, 4.69) is 36.5 Å². The number of benzene rings is 2. The molecule has 2 unspecified atom stereocenters. The Kier molecular flexibility index (Phi) is 4.80. The van der Waals surface area contributed by atoms with Crippen LogP contribution in [0.4, 0.5) is 0 Å². The molecule has 2 aromatic rings. The summed E-state index contributed by atoms with van der Waals surface area (Å²) in [7, 11) is 0. The van der Waals surface area contributed by atoms with Crippen LogP contribution in [0.25, 0.3) is 0 Å². The normalized spacial score (nSPS) is 19.1. The van der Waals surface area contributed by atoms with Crippen LogP contribution in [0.15, 0.2) is 47.4 Å². The van der Waals surface area contributed by atoms with E-state index in [1.54, 1.807) is 6.07 Å². The summed E-state index contributed by atoms with van der Waals surface area (Å²) in [6.45, 7) is 2.15. The van der Waals surface area contributed by atoms with Crippen molar-refractivity contribution in [3.63, 3.8) is 0 Å². The summed E-state index contributed by atoms with van der Waals surface area (Å²) in [4.78, 5) is 1.38. The zero-order chi connectivity index (χ0) is 14.8. The van der Waals surface area contributed by atoms with Crippen LogP contribution in [0, 0.1) is 0 Å². The molecule has 4 heteroatoms. The fourth-order valence-electron chi connectivity index (χ4n) is 2.76. The van der Waals surface area contributed by atoms with Gasteiger partial charge in [0.25, 0.3) is 0 Å². The number of thioether (sulfide) groups is 1. The summed E-state index contributed by atoms with van der Waals surface area (Å²) >= 11 is 14.2. The minimum atomic E-state index is 0.191. The lowest BCUT2D eigenvalue weighted by molar-refractivity contribution is 0.450. The molecule has 0 radical (unpaired) electrons. The Hall–Kier alpha value is -0.670. The number of hydrogen-bond acceptors (Lipinski definition) is 2. The van der Waals surface area contributed by atoms with E-state index in [9.17, 15) is 0 Å². The number of halogens is 2. The maximum absolute atomic E-state index is 6.31. The summed E-state index contributed by atoms with van der Waals surface area (Å²) in [5, 5.41) is 5.11. The van der Waals surface area contributed by atoms with Gasteiger partial charge >= 0.3 is 0 Å². The fraction of sp³-hybridized carbons (Fsp3) is 0.294. The summed E-state index contributed by atoms with van der Waals surface area (Å²) in [6, 6.07) is 14.9. The summed E-state index contributed by atoms with van der Waals surface area (Å²) in [6.07, 6.45) is 1.14. The van der Waals surface area contributed by atoms with Crippen LogP contribution in [0.1, 0.15) is 36.6 Å². The highest BCUT2D eigenvalue weighted by molar-refractivity contribution is 7.99. The Morgan fingerprint density at radius 2 is 2.00 bits per heavy atom. The Morgan fingerprint density at radius 3 is 2.81 bits per heavy atom. The van der Waals surface area contributed by atoms with E-state index in [-0.39, 0.29) is 6.04 Å². The highest BCUT2D eigenvalue weighted by Crippen LogP contribution is 2.37. The molecule has 0 saturated heterocycles. The molecule has 21 heavy (non-hydrogen) atoms. The fourth-order valence-corrected chi connectivity index (χ4v) is 4.46. The number of fused-ring (bicyclic) bond motifs is 1. The largest absolute Gasteiger partial charge is 0.303 e. The lowest BCUT2D eigenvalue weighted by Crippen LogP contribution is -2.27. The molecule has 110 valence electrons. The van der Waals surface area contributed by atoms with Crippen molar-refractivity contribution >= 4 is 35.0 Å². The molecule has 0 amide bonds. The molecule has 1 nitrogen and oxygen atoms in total. The third kappa shape index (κ3) is 3.40. The second-order valence-corrected chi connectivity index (χ2v) is 7.26.